The van der Waals surface area contributed by atoms with E-state index in [0.717, 1.165) is 23.9 Å². The number of rotatable bonds is 2. The van der Waals surface area contributed by atoms with Gasteiger partial charge in [0.1, 0.15) is 12.4 Å². The van der Waals surface area contributed by atoms with Crippen LogP contribution in [-0.2, 0) is 13.7 Å². The Kier molecular flexibility index (Phi) is 3.03. The number of carbonyl (C=O) groups excluding carboxylic acids is 1. The number of aliphatic hydroxyl groups is 1. The predicted molar refractivity (Wildman–Crippen MR) is 94.0 cm³/mol. The summed E-state index contributed by atoms with van der Waals surface area (Å²) in [6.45, 7) is -0.111. The van der Waals surface area contributed by atoms with E-state index < -0.39 is 0 Å². The molecule has 1 amide bonds. The molecule has 1 aromatic heterocycles. The van der Waals surface area contributed by atoms with Crippen LogP contribution in [0.15, 0.2) is 42.5 Å². The Balaban J connectivity index is 1.54. The molecule has 0 aliphatic carbocycles. The van der Waals surface area contributed by atoms with Crippen LogP contribution < -0.4 is 0 Å². The van der Waals surface area contributed by atoms with Gasteiger partial charge in [-0.25, -0.2) is 4.98 Å². The number of aromatic nitrogens is 2. The van der Waals surface area contributed by atoms with Gasteiger partial charge in [0.2, 0.25) is 0 Å². The number of hydrogen-bond acceptors (Lipinski definition) is 3. The van der Waals surface area contributed by atoms with E-state index in [1.54, 1.807) is 0 Å². The van der Waals surface area contributed by atoms with Gasteiger partial charge in [0.15, 0.2) is 0 Å². The quantitative estimate of drug-likeness (QED) is 0.784. The lowest BCUT2D eigenvalue weighted by atomic mass is 9.92. The number of aliphatic hydroxyl groups excluding tert-OH is 1. The van der Waals surface area contributed by atoms with Gasteiger partial charge in [-0.3, -0.25) is 4.79 Å². The Morgan fingerprint density at radius 2 is 1.84 bits per heavy atom. The van der Waals surface area contributed by atoms with E-state index in [1.165, 1.54) is 11.1 Å². The van der Waals surface area contributed by atoms with Gasteiger partial charge >= 0.3 is 0 Å². The van der Waals surface area contributed by atoms with Crippen LogP contribution in [0.2, 0.25) is 0 Å². The number of carbonyl (C=O) groups is 1. The number of fused-ring (bicyclic) bond motifs is 6. The van der Waals surface area contributed by atoms with Crippen LogP contribution in [0.5, 0.6) is 0 Å². The minimum Gasteiger partial charge on any atom is -0.388 e. The van der Waals surface area contributed by atoms with Crippen LogP contribution in [0, 0.1) is 0 Å². The number of benzene rings is 2. The lowest BCUT2D eigenvalue weighted by Gasteiger charge is -2.22. The summed E-state index contributed by atoms with van der Waals surface area (Å²) >= 11 is 0. The molecule has 25 heavy (non-hydrogen) atoms. The average molecular weight is 333 g/mol. The smallest absolute Gasteiger partial charge is 0.254 e. The Hall–Kier alpha value is -2.66. The maximum Gasteiger partial charge on any atom is 0.254 e. The molecule has 5 heteroatoms. The molecular formula is C20H19N3O2. The third kappa shape index (κ3) is 1.93. The topological polar surface area (TPSA) is 58.4 Å². The molecule has 2 aliphatic rings. The zero-order valence-corrected chi connectivity index (χ0v) is 14.0. The van der Waals surface area contributed by atoms with E-state index in [2.05, 4.69) is 29.2 Å². The van der Waals surface area contributed by atoms with E-state index in [4.69, 9.17) is 0 Å². The minimum absolute atomic E-state index is 0.0711. The van der Waals surface area contributed by atoms with Gasteiger partial charge in [0.25, 0.3) is 5.91 Å². The van der Waals surface area contributed by atoms with Gasteiger partial charge in [-0.2, -0.15) is 0 Å². The molecule has 3 aromatic rings. The number of nitrogens with zero attached hydrogens (tertiary/aromatic N) is 3. The molecule has 1 fully saturated rings. The molecule has 5 nitrogen and oxygen atoms in total. The Labute approximate surface area is 145 Å². The van der Waals surface area contributed by atoms with Gasteiger partial charge in [0.05, 0.1) is 23.1 Å². The molecule has 5 rings (SSSR count). The zero-order chi connectivity index (χ0) is 17.1. The number of hydrogen-bond donors (Lipinski definition) is 1. The monoisotopic (exact) mass is 333 g/mol. The third-order valence-electron chi connectivity index (χ3n) is 5.70. The molecule has 2 atom stereocenters. The highest BCUT2D eigenvalue weighted by molar-refractivity contribution is 5.98. The van der Waals surface area contributed by atoms with Crippen molar-refractivity contribution in [2.24, 2.45) is 7.05 Å². The molecule has 1 N–H and O–H groups in total. The van der Waals surface area contributed by atoms with Gasteiger partial charge in [-0.1, -0.05) is 24.3 Å². The van der Waals surface area contributed by atoms with Gasteiger partial charge in [-0.05, 0) is 42.2 Å². The lowest BCUT2D eigenvalue weighted by Crippen LogP contribution is -2.27. The fourth-order valence-electron chi connectivity index (χ4n) is 4.50. The zero-order valence-electron chi connectivity index (χ0n) is 14.0. The highest BCUT2D eigenvalue weighted by Crippen LogP contribution is 2.53. The standard InChI is InChI=1S/C20H19N3O2/c1-22-18-7-6-12(10-15(18)21-19(22)11-24)20(25)23-16-8-9-17(23)14-5-3-2-4-13(14)16/h2-7,10,16-17,24H,8-9,11H2,1H3. The summed E-state index contributed by atoms with van der Waals surface area (Å²) < 4.78 is 1.86. The highest BCUT2D eigenvalue weighted by atomic mass is 16.3. The van der Waals surface area contributed by atoms with Gasteiger partial charge < -0.3 is 14.6 Å². The first-order valence-corrected chi connectivity index (χ1v) is 8.66. The molecule has 3 heterocycles. The van der Waals surface area contributed by atoms with Crippen LogP contribution in [0.3, 0.4) is 0 Å². The number of aryl methyl sites for hydroxylation is 1. The Morgan fingerprint density at radius 1 is 1.16 bits per heavy atom. The minimum atomic E-state index is -0.111. The summed E-state index contributed by atoms with van der Waals surface area (Å²) in [7, 11) is 1.87. The molecule has 2 unspecified atom stereocenters. The van der Waals surface area contributed by atoms with E-state index in [-0.39, 0.29) is 24.6 Å². The third-order valence-corrected chi connectivity index (χ3v) is 5.70. The largest absolute Gasteiger partial charge is 0.388 e. The molecular weight excluding hydrogens is 314 g/mol. The summed E-state index contributed by atoms with van der Waals surface area (Å²) in [5.41, 5.74) is 4.94. The maximum atomic E-state index is 13.2. The molecule has 2 bridgehead atoms. The van der Waals surface area contributed by atoms with Crippen LogP contribution in [0.4, 0.5) is 0 Å². The fraction of sp³-hybridized carbons (Fsp3) is 0.300. The first-order chi connectivity index (χ1) is 12.2. The molecule has 1 saturated heterocycles. The van der Waals surface area contributed by atoms with Crippen LogP contribution >= 0.6 is 0 Å². The first kappa shape index (κ1) is 14.7. The van der Waals surface area contributed by atoms with E-state index in [1.807, 2.05) is 34.7 Å². The summed E-state index contributed by atoms with van der Waals surface area (Å²) in [5.74, 6) is 0.676. The first-order valence-electron chi connectivity index (χ1n) is 8.66. The normalized spacial score (nSPS) is 21.1. The van der Waals surface area contributed by atoms with E-state index in [0.29, 0.717) is 11.4 Å². The second-order valence-electron chi connectivity index (χ2n) is 6.90. The van der Waals surface area contributed by atoms with Crippen molar-refractivity contribution in [3.63, 3.8) is 0 Å². The van der Waals surface area contributed by atoms with E-state index >= 15 is 0 Å². The van der Waals surface area contributed by atoms with Crippen LogP contribution in [-0.4, -0.2) is 25.5 Å². The second-order valence-corrected chi connectivity index (χ2v) is 6.90. The Bertz CT molecular complexity index is 976. The van der Waals surface area contributed by atoms with Gasteiger partial charge in [0, 0.05) is 12.6 Å². The molecule has 126 valence electrons. The summed E-state index contributed by atoms with van der Waals surface area (Å²) in [5, 5.41) is 9.39. The predicted octanol–water partition coefficient (Wildman–Crippen LogP) is 3.10. The van der Waals surface area contributed by atoms with Gasteiger partial charge in [-0.15, -0.1) is 0 Å². The Morgan fingerprint density at radius 3 is 2.48 bits per heavy atom. The second kappa shape index (κ2) is 5.17. The van der Waals surface area contributed by atoms with Crippen molar-refractivity contribution in [3.8, 4) is 0 Å². The van der Waals surface area contributed by atoms with Crippen molar-refractivity contribution >= 4 is 16.9 Å². The summed E-state index contributed by atoms with van der Waals surface area (Å²) in [4.78, 5) is 19.7. The maximum absolute atomic E-state index is 13.2. The number of amides is 1. The van der Waals surface area contributed by atoms with Crippen molar-refractivity contribution in [1.29, 1.82) is 0 Å². The van der Waals surface area contributed by atoms with Crippen molar-refractivity contribution in [1.82, 2.24) is 14.5 Å². The van der Waals surface area contributed by atoms with Crippen molar-refractivity contribution in [2.45, 2.75) is 31.5 Å². The van der Waals surface area contributed by atoms with Crippen molar-refractivity contribution in [3.05, 3.63) is 65.0 Å². The molecule has 0 saturated carbocycles. The van der Waals surface area contributed by atoms with E-state index in [9.17, 15) is 9.90 Å². The average Bonchev–Trinajstić information content (AvgIpc) is 3.31. The van der Waals surface area contributed by atoms with Crippen molar-refractivity contribution in [2.75, 3.05) is 0 Å². The molecule has 2 aromatic carbocycles. The summed E-state index contributed by atoms with van der Waals surface area (Å²) in [6, 6.07) is 14.4. The van der Waals surface area contributed by atoms with Crippen LogP contribution in [0.25, 0.3) is 11.0 Å². The molecule has 0 spiro atoms. The highest BCUT2D eigenvalue weighted by Gasteiger charge is 2.46. The summed E-state index contributed by atoms with van der Waals surface area (Å²) in [6.07, 6.45) is 2.07. The SMILES string of the molecule is Cn1c(CO)nc2cc(C(=O)N3C4CCC3c3ccccc34)ccc21. The number of imidazole rings is 1. The lowest BCUT2D eigenvalue weighted by molar-refractivity contribution is 0.0697. The van der Waals surface area contributed by atoms with Crippen LogP contribution in [0.1, 0.15) is 52.2 Å². The molecule has 2 aliphatic heterocycles. The molecule has 0 radical (unpaired) electrons. The van der Waals surface area contributed by atoms with Crippen molar-refractivity contribution < 1.29 is 9.90 Å². The fourth-order valence-corrected chi connectivity index (χ4v) is 4.50.